The number of rotatable bonds is 4. The van der Waals surface area contributed by atoms with Crippen LogP contribution >= 0.6 is 0 Å². The highest BCUT2D eigenvalue weighted by molar-refractivity contribution is 5.81. The van der Waals surface area contributed by atoms with E-state index >= 15 is 0 Å². The lowest BCUT2D eigenvalue weighted by molar-refractivity contribution is -0.152. The van der Waals surface area contributed by atoms with E-state index in [0.29, 0.717) is 13.0 Å². The smallest absolute Gasteiger partial charge is 0.311 e. The molecule has 6 nitrogen and oxygen atoms in total. The predicted molar refractivity (Wildman–Crippen MR) is 75.5 cm³/mol. The van der Waals surface area contributed by atoms with Gasteiger partial charge in [-0.2, -0.15) is 0 Å². The van der Waals surface area contributed by atoms with Crippen molar-refractivity contribution in [2.75, 3.05) is 32.7 Å². The van der Waals surface area contributed by atoms with Crippen molar-refractivity contribution in [2.24, 2.45) is 5.41 Å². The Kier molecular flexibility index (Phi) is 4.99. The number of nitrogens with one attached hydrogen (secondary N) is 2. The molecular formula is C14H25N3O3. The molecule has 0 aromatic rings. The molecule has 20 heavy (non-hydrogen) atoms. The van der Waals surface area contributed by atoms with Crippen molar-refractivity contribution in [2.45, 2.75) is 38.6 Å². The van der Waals surface area contributed by atoms with Crippen molar-refractivity contribution < 1.29 is 14.7 Å². The van der Waals surface area contributed by atoms with Crippen LogP contribution in [0.1, 0.15) is 32.6 Å². The molecule has 2 atom stereocenters. The summed E-state index contributed by atoms with van der Waals surface area (Å²) in [7, 11) is 0. The van der Waals surface area contributed by atoms with Gasteiger partial charge in [0, 0.05) is 32.2 Å². The van der Waals surface area contributed by atoms with Crippen LogP contribution in [0.4, 0.5) is 0 Å². The van der Waals surface area contributed by atoms with E-state index in [1.807, 2.05) is 0 Å². The van der Waals surface area contributed by atoms with Crippen molar-refractivity contribution in [3.8, 4) is 0 Å². The fourth-order valence-electron chi connectivity index (χ4n) is 3.13. The van der Waals surface area contributed by atoms with Gasteiger partial charge < -0.3 is 15.7 Å². The molecule has 1 saturated heterocycles. The topological polar surface area (TPSA) is 81.7 Å². The summed E-state index contributed by atoms with van der Waals surface area (Å²) in [5, 5.41) is 15.6. The fraction of sp³-hybridized carbons (Fsp3) is 0.857. The summed E-state index contributed by atoms with van der Waals surface area (Å²) in [6, 6.07) is -0.246. The van der Waals surface area contributed by atoms with Crippen molar-refractivity contribution in [3.05, 3.63) is 0 Å². The molecule has 1 aliphatic heterocycles. The Labute approximate surface area is 119 Å². The number of carbonyl (C=O) groups is 2. The first-order chi connectivity index (χ1) is 9.52. The first-order valence-electron chi connectivity index (χ1n) is 7.48. The maximum atomic E-state index is 12.1. The van der Waals surface area contributed by atoms with Crippen LogP contribution in [-0.4, -0.2) is 60.6 Å². The van der Waals surface area contributed by atoms with Gasteiger partial charge in [-0.3, -0.25) is 14.5 Å². The number of carboxylic acid groups (broad SMARTS) is 1. The van der Waals surface area contributed by atoms with Gasteiger partial charge in [-0.25, -0.2) is 0 Å². The van der Waals surface area contributed by atoms with Gasteiger partial charge in [-0.1, -0.05) is 12.8 Å². The highest BCUT2D eigenvalue weighted by Crippen LogP contribution is 2.36. The maximum absolute atomic E-state index is 12.1. The minimum absolute atomic E-state index is 0.0497. The average molecular weight is 283 g/mol. The first kappa shape index (κ1) is 15.3. The minimum Gasteiger partial charge on any atom is -0.481 e. The molecule has 0 spiro atoms. The van der Waals surface area contributed by atoms with Crippen LogP contribution in [0.5, 0.6) is 0 Å². The van der Waals surface area contributed by atoms with E-state index in [2.05, 4.69) is 15.5 Å². The van der Waals surface area contributed by atoms with Crippen LogP contribution in [0.2, 0.25) is 0 Å². The average Bonchev–Trinajstić information content (AvgIpc) is 2.42. The van der Waals surface area contributed by atoms with Crippen LogP contribution in [-0.2, 0) is 9.59 Å². The molecule has 2 aliphatic rings. The van der Waals surface area contributed by atoms with E-state index in [9.17, 15) is 14.7 Å². The third-order valence-corrected chi connectivity index (χ3v) is 4.61. The van der Waals surface area contributed by atoms with Crippen LogP contribution in [0.15, 0.2) is 0 Å². The van der Waals surface area contributed by atoms with E-state index in [4.69, 9.17) is 0 Å². The Morgan fingerprint density at radius 2 is 2.05 bits per heavy atom. The number of carbonyl (C=O) groups excluding carboxylic acids is 1. The summed E-state index contributed by atoms with van der Waals surface area (Å²) in [6.07, 6.45) is 3.31. The zero-order valence-corrected chi connectivity index (χ0v) is 12.2. The Morgan fingerprint density at radius 3 is 2.70 bits per heavy atom. The summed E-state index contributed by atoms with van der Waals surface area (Å²) < 4.78 is 0. The Morgan fingerprint density at radius 1 is 1.35 bits per heavy atom. The Bertz CT molecular complexity index is 369. The molecule has 6 heteroatoms. The fourth-order valence-corrected chi connectivity index (χ4v) is 3.13. The molecule has 1 saturated carbocycles. The van der Waals surface area contributed by atoms with E-state index < -0.39 is 11.4 Å². The molecule has 1 aliphatic carbocycles. The molecule has 114 valence electrons. The molecule has 0 radical (unpaired) electrons. The number of amides is 1. The number of hydrogen-bond acceptors (Lipinski definition) is 4. The van der Waals surface area contributed by atoms with E-state index in [-0.39, 0.29) is 11.9 Å². The zero-order valence-electron chi connectivity index (χ0n) is 12.2. The Balaban J connectivity index is 1.89. The summed E-state index contributed by atoms with van der Waals surface area (Å²) in [5.74, 6) is -0.851. The van der Waals surface area contributed by atoms with E-state index in [0.717, 1.165) is 45.4 Å². The third-order valence-electron chi connectivity index (χ3n) is 4.61. The van der Waals surface area contributed by atoms with Gasteiger partial charge in [0.15, 0.2) is 0 Å². The van der Waals surface area contributed by atoms with Crippen molar-refractivity contribution in [1.82, 2.24) is 15.5 Å². The minimum atomic E-state index is -0.822. The molecule has 2 fully saturated rings. The Hall–Kier alpha value is -1.14. The number of nitrogens with zero attached hydrogens (tertiary/aromatic N) is 1. The maximum Gasteiger partial charge on any atom is 0.311 e. The molecule has 0 aromatic heterocycles. The number of hydrogen-bond donors (Lipinski definition) is 3. The molecule has 1 heterocycles. The van der Waals surface area contributed by atoms with Gasteiger partial charge in [0.25, 0.3) is 0 Å². The van der Waals surface area contributed by atoms with Gasteiger partial charge in [-0.15, -0.1) is 0 Å². The van der Waals surface area contributed by atoms with Crippen LogP contribution in [0.3, 0.4) is 0 Å². The summed E-state index contributed by atoms with van der Waals surface area (Å²) >= 11 is 0. The lowest BCUT2D eigenvalue weighted by Gasteiger charge is -2.38. The van der Waals surface area contributed by atoms with Gasteiger partial charge in [-0.05, 0) is 19.8 Å². The lowest BCUT2D eigenvalue weighted by atomic mass is 9.71. The summed E-state index contributed by atoms with van der Waals surface area (Å²) in [4.78, 5) is 25.7. The molecular weight excluding hydrogens is 258 g/mol. The number of carboxylic acids is 1. The number of piperazine rings is 1. The third kappa shape index (κ3) is 3.49. The van der Waals surface area contributed by atoms with Crippen LogP contribution < -0.4 is 10.6 Å². The highest BCUT2D eigenvalue weighted by Gasteiger charge is 2.43. The van der Waals surface area contributed by atoms with E-state index in [1.54, 1.807) is 6.92 Å². The van der Waals surface area contributed by atoms with Crippen molar-refractivity contribution >= 4 is 11.9 Å². The van der Waals surface area contributed by atoms with Crippen LogP contribution in [0.25, 0.3) is 0 Å². The van der Waals surface area contributed by atoms with E-state index in [1.165, 1.54) is 0 Å². The quantitative estimate of drug-likeness (QED) is 0.679. The second kappa shape index (κ2) is 6.54. The summed E-state index contributed by atoms with van der Waals surface area (Å²) in [5.41, 5.74) is -0.822. The highest BCUT2D eigenvalue weighted by atomic mass is 16.4. The largest absolute Gasteiger partial charge is 0.481 e. The molecule has 1 amide bonds. The second-order valence-electron chi connectivity index (χ2n) is 6.11. The monoisotopic (exact) mass is 283 g/mol. The second-order valence-corrected chi connectivity index (χ2v) is 6.11. The van der Waals surface area contributed by atoms with Crippen LogP contribution in [0, 0.1) is 5.41 Å². The predicted octanol–water partition coefficient (Wildman–Crippen LogP) is 0.0413. The normalized spacial score (nSPS) is 31.8. The van der Waals surface area contributed by atoms with Gasteiger partial charge in [0.05, 0.1) is 12.0 Å². The lowest BCUT2D eigenvalue weighted by Crippen LogP contribution is -2.55. The molecule has 2 rings (SSSR count). The SMILES string of the molecule is CC1(C(=O)O)CCCCC1NC(=O)CN1CCNCC1. The first-order valence-corrected chi connectivity index (χ1v) is 7.48. The molecule has 0 aromatic carbocycles. The number of aliphatic carboxylic acids is 1. The van der Waals surface area contributed by atoms with Gasteiger partial charge in [0.2, 0.25) is 5.91 Å². The zero-order chi connectivity index (χ0) is 14.6. The summed E-state index contributed by atoms with van der Waals surface area (Å²) in [6.45, 7) is 5.67. The van der Waals surface area contributed by atoms with Crippen molar-refractivity contribution in [1.29, 1.82) is 0 Å². The molecule has 2 unspecified atom stereocenters. The molecule has 3 N–H and O–H groups in total. The molecule has 0 bridgehead atoms. The standard InChI is InChI=1S/C14H25N3O3/c1-14(13(19)20)5-3-2-4-11(14)16-12(18)10-17-8-6-15-7-9-17/h11,15H,2-10H2,1H3,(H,16,18)(H,19,20). The van der Waals surface area contributed by atoms with Gasteiger partial charge in [0.1, 0.15) is 0 Å². The van der Waals surface area contributed by atoms with Gasteiger partial charge >= 0.3 is 5.97 Å². The van der Waals surface area contributed by atoms with Crippen molar-refractivity contribution in [3.63, 3.8) is 0 Å².